The molecule has 0 saturated carbocycles. The smallest absolute Gasteiger partial charge is 0.309 e. The molecule has 0 spiro atoms. The zero-order valence-corrected chi connectivity index (χ0v) is 11.8. The number of hydrogen-bond acceptors (Lipinski definition) is 4. The van der Waals surface area contributed by atoms with Gasteiger partial charge in [0.25, 0.3) is 0 Å². The monoisotopic (exact) mass is 287 g/mol. The maximum absolute atomic E-state index is 13.5. The first-order valence-electron chi connectivity index (χ1n) is 6.24. The summed E-state index contributed by atoms with van der Waals surface area (Å²) in [6, 6.07) is 3.04. The summed E-state index contributed by atoms with van der Waals surface area (Å²) in [4.78, 5) is 13.0. The maximum atomic E-state index is 13.5. The van der Waals surface area contributed by atoms with E-state index in [4.69, 9.17) is 0 Å². The molecule has 2 atom stereocenters. The molecule has 1 N–H and O–H groups in total. The van der Waals surface area contributed by atoms with Gasteiger partial charge in [0.05, 0.1) is 19.1 Å². The Balaban J connectivity index is 2.61. The average Bonchev–Trinajstić information content (AvgIpc) is 2.37. The Morgan fingerprint density at radius 2 is 2.05 bits per heavy atom. The normalized spacial score (nSPS) is 14.2. The standard InChI is InChI=1S/C14H19F2NO3/c1-9(14(19)20-3)7-17(2)8-13(18)11-5-4-10(15)6-12(11)16/h4-6,9,13,18H,7-8H2,1-3H3. The molecule has 0 bridgehead atoms. The van der Waals surface area contributed by atoms with Crippen molar-refractivity contribution >= 4 is 5.97 Å². The average molecular weight is 287 g/mol. The minimum absolute atomic E-state index is 0.0315. The Kier molecular flexibility index (Phi) is 6.04. The second kappa shape index (κ2) is 7.31. The number of benzene rings is 1. The summed E-state index contributed by atoms with van der Waals surface area (Å²) in [5.41, 5.74) is 0.0315. The van der Waals surface area contributed by atoms with E-state index >= 15 is 0 Å². The van der Waals surface area contributed by atoms with Crippen molar-refractivity contribution in [3.8, 4) is 0 Å². The van der Waals surface area contributed by atoms with Gasteiger partial charge in [-0.2, -0.15) is 0 Å². The number of nitrogens with zero attached hydrogens (tertiary/aromatic N) is 1. The van der Waals surface area contributed by atoms with Crippen molar-refractivity contribution in [2.24, 2.45) is 5.92 Å². The number of hydrogen-bond donors (Lipinski definition) is 1. The number of carbonyl (C=O) groups is 1. The molecule has 0 fully saturated rings. The van der Waals surface area contributed by atoms with E-state index in [0.717, 1.165) is 12.1 Å². The van der Waals surface area contributed by atoms with E-state index in [1.54, 1.807) is 18.9 Å². The molecule has 2 unspecified atom stereocenters. The minimum Gasteiger partial charge on any atom is -0.469 e. The van der Waals surface area contributed by atoms with Crippen LogP contribution in [0.4, 0.5) is 8.78 Å². The number of halogens is 2. The number of aliphatic hydroxyl groups is 1. The summed E-state index contributed by atoms with van der Waals surface area (Å²) >= 11 is 0. The minimum atomic E-state index is -1.09. The molecule has 0 aliphatic carbocycles. The van der Waals surface area contributed by atoms with Gasteiger partial charge in [-0.15, -0.1) is 0 Å². The molecule has 0 aliphatic rings. The van der Waals surface area contributed by atoms with Crippen molar-refractivity contribution in [2.75, 3.05) is 27.2 Å². The van der Waals surface area contributed by atoms with E-state index in [-0.39, 0.29) is 24.0 Å². The summed E-state index contributed by atoms with van der Waals surface area (Å²) in [5, 5.41) is 9.95. The molecule has 0 heterocycles. The molecule has 0 amide bonds. The number of ether oxygens (including phenoxy) is 1. The van der Waals surface area contributed by atoms with Gasteiger partial charge in [0.1, 0.15) is 11.6 Å². The molecule has 0 aliphatic heterocycles. The van der Waals surface area contributed by atoms with Crippen LogP contribution in [0.3, 0.4) is 0 Å². The van der Waals surface area contributed by atoms with E-state index in [1.165, 1.54) is 13.2 Å². The molecule has 1 rings (SSSR count). The first kappa shape index (κ1) is 16.5. The molecular formula is C14H19F2NO3. The highest BCUT2D eigenvalue weighted by molar-refractivity contribution is 5.72. The Bertz CT molecular complexity index is 468. The number of likely N-dealkylation sites (N-methyl/N-ethyl adjacent to an activating group) is 1. The predicted octanol–water partition coefficient (Wildman–Crippen LogP) is 1.74. The van der Waals surface area contributed by atoms with Crippen molar-refractivity contribution in [1.29, 1.82) is 0 Å². The van der Waals surface area contributed by atoms with Crippen LogP contribution in [-0.4, -0.2) is 43.2 Å². The fourth-order valence-corrected chi connectivity index (χ4v) is 1.98. The number of esters is 1. The van der Waals surface area contributed by atoms with Gasteiger partial charge in [-0.3, -0.25) is 4.79 Å². The topological polar surface area (TPSA) is 49.8 Å². The van der Waals surface area contributed by atoms with Gasteiger partial charge in [-0.25, -0.2) is 8.78 Å². The van der Waals surface area contributed by atoms with Gasteiger partial charge >= 0.3 is 5.97 Å². The van der Waals surface area contributed by atoms with Crippen LogP contribution >= 0.6 is 0 Å². The zero-order chi connectivity index (χ0) is 15.3. The molecule has 20 heavy (non-hydrogen) atoms. The first-order chi connectivity index (χ1) is 9.35. The van der Waals surface area contributed by atoms with Crippen molar-refractivity contribution in [3.63, 3.8) is 0 Å². The van der Waals surface area contributed by atoms with E-state index in [2.05, 4.69) is 4.74 Å². The van der Waals surface area contributed by atoms with Crippen LogP contribution in [0.1, 0.15) is 18.6 Å². The van der Waals surface area contributed by atoms with E-state index in [1.807, 2.05) is 0 Å². The molecule has 0 radical (unpaired) electrons. The molecule has 112 valence electrons. The van der Waals surface area contributed by atoms with Crippen molar-refractivity contribution in [1.82, 2.24) is 4.90 Å². The first-order valence-corrected chi connectivity index (χ1v) is 6.24. The quantitative estimate of drug-likeness (QED) is 0.810. The molecule has 4 nitrogen and oxygen atoms in total. The number of carbonyl (C=O) groups excluding carboxylic acids is 1. The van der Waals surface area contributed by atoms with Crippen molar-refractivity contribution in [2.45, 2.75) is 13.0 Å². The highest BCUT2D eigenvalue weighted by Gasteiger charge is 2.19. The van der Waals surface area contributed by atoms with Crippen LogP contribution in [0.2, 0.25) is 0 Å². The number of rotatable bonds is 6. The van der Waals surface area contributed by atoms with Crippen LogP contribution in [0.15, 0.2) is 18.2 Å². The summed E-state index contributed by atoms with van der Waals surface area (Å²) in [6.45, 7) is 2.20. The Morgan fingerprint density at radius 3 is 2.60 bits per heavy atom. The molecule has 0 aromatic heterocycles. The summed E-state index contributed by atoms with van der Waals surface area (Å²) < 4.78 is 30.9. The number of aliphatic hydroxyl groups excluding tert-OH is 1. The second-order valence-corrected chi connectivity index (χ2v) is 4.83. The SMILES string of the molecule is COC(=O)C(C)CN(C)CC(O)c1ccc(F)cc1F. The predicted molar refractivity (Wildman–Crippen MR) is 70.0 cm³/mol. The third kappa shape index (κ3) is 4.54. The molecule has 0 saturated heterocycles. The van der Waals surface area contributed by atoms with E-state index in [9.17, 15) is 18.7 Å². The largest absolute Gasteiger partial charge is 0.469 e. The Labute approximate surface area is 117 Å². The highest BCUT2D eigenvalue weighted by atomic mass is 19.1. The lowest BCUT2D eigenvalue weighted by atomic mass is 10.1. The lowest BCUT2D eigenvalue weighted by molar-refractivity contribution is -0.145. The summed E-state index contributed by atoms with van der Waals surface area (Å²) in [6.07, 6.45) is -1.09. The second-order valence-electron chi connectivity index (χ2n) is 4.83. The Morgan fingerprint density at radius 1 is 1.40 bits per heavy atom. The van der Waals surface area contributed by atoms with E-state index in [0.29, 0.717) is 6.54 Å². The Hall–Kier alpha value is -1.53. The lowest BCUT2D eigenvalue weighted by Crippen LogP contribution is -2.32. The van der Waals surface area contributed by atoms with Gasteiger partial charge in [0.15, 0.2) is 0 Å². The lowest BCUT2D eigenvalue weighted by Gasteiger charge is -2.23. The fraction of sp³-hybridized carbons (Fsp3) is 0.500. The zero-order valence-electron chi connectivity index (χ0n) is 11.8. The van der Waals surface area contributed by atoms with Crippen molar-refractivity contribution in [3.05, 3.63) is 35.4 Å². The number of methoxy groups -OCH3 is 1. The third-order valence-corrected chi connectivity index (χ3v) is 3.00. The van der Waals surface area contributed by atoms with Gasteiger partial charge < -0.3 is 14.7 Å². The molecule has 6 heteroatoms. The van der Waals surface area contributed by atoms with Crippen LogP contribution in [-0.2, 0) is 9.53 Å². The van der Waals surface area contributed by atoms with Gasteiger partial charge in [-0.05, 0) is 13.1 Å². The van der Waals surface area contributed by atoms with Gasteiger partial charge in [0, 0.05) is 24.7 Å². The highest BCUT2D eigenvalue weighted by Crippen LogP contribution is 2.19. The molecular weight excluding hydrogens is 268 g/mol. The summed E-state index contributed by atoms with van der Waals surface area (Å²) in [7, 11) is 3.01. The molecule has 1 aromatic carbocycles. The summed E-state index contributed by atoms with van der Waals surface area (Å²) in [5.74, 6) is -2.17. The third-order valence-electron chi connectivity index (χ3n) is 3.00. The van der Waals surface area contributed by atoms with Crippen LogP contribution < -0.4 is 0 Å². The van der Waals surface area contributed by atoms with E-state index < -0.39 is 17.7 Å². The van der Waals surface area contributed by atoms with Crippen molar-refractivity contribution < 1.29 is 23.4 Å². The fourth-order valence-electron chi connectivity index (χ4n) is 1.98. The van der Waals surface area contributed by atoms with Gasteiger partial charge in [-0.1, -0.05) is 13.0 Å². The maximum Gasteiger partial charge on any atom is 0.309 e. The van der Waals surface area contributed by atoms with Crippen LogP contribution in [0.5, 0.6) is 0 Å². The van der Waals surface area contributed by atoms with Gasteiger partial charge in [0.2, 0.25) is 0 Å². The van der Waals surface area contributed by atoms with Crippen LogP contribution in [0, 0.1) is 17.6 Å². The molecule has 1 aromatic rings. The van der Waals surface area contributed by atoms with Crippen LogP contribution in [0.25, 0.3) is 0 Å².